The molecule has 32 heavy (non-hydrogen) atoms. The van der Waals surface area contributed by atoms with E-state index in [0.717, 1.165) is 10.9 Å². The number of piperidine rings is 1. The van der Waals surface area contributed by atoms with Gasteiger partial charge in [0.1, 0.15) is 12.3 Å². The Kier molecular flexibility index (Phi) is 7.00. The first-order valence-electron chi connectivity index (χ1n) is 10.4. The number of likely N-dealkylation sites (tertiary alicyclic amines) is 1. The molecule has 0 unspecified atom stereocenters. The maximum atomic E-state index is 13.0. The molecule has 0 saturated carbocycles. The standard InChI is InChI=1S/C22H29ClN4O5/c1-22(2,3)27(21(30)31)18-11-26(19(28)12-32-4)8-7-16(18)25-20(29)17-10-13-9-14(23)5-6-15(13)24-17/h5-6,9-10,16,18,24H,7-8,11-12H2,1-4H3,(H,25,29)(H,30,31)/t16-,18-/m1/s1. The zero-order valence-electron chi connectivity index (χ0n) is 18.6. The van der Waals surface area contributed by atoms with E-state index in [9.17, 15) is 19.5 Å². The average Bonchev–Trinajstić information content (AvgIpc) is 3.11. The number of methoxy groups -OCH3 is 1. The lowest BCUT2D eigenvalue weighted by molar-refractivity contribution is -0.138. The van der Waals surface area contributed by atoms with Gasteiger partial charge in [-0.25, -0.2) is 4.79 Å². The highest BCUT2D eigenvalue weighted by Crippen LogP contribution is 2.26. The second kappa shape index (κ2) is 9.38. The summed E-state index contributed by atoms with van der Waals surface area (Å²) in [7, 11) is 1.44. The lowest BCUT2D eigenvalue weighted by Crippen LogP contribution is -2.66. The van der Waals surface area contributed by atoms with Crippen molar-refractivity contribution in [2.75, 3.05) is 26.8 Å². The molecule has 1 aliphatic rings. The first kappa shape index (κ1) is 23.9. The van der Waals surface area contributed by atoms with Crippen molar-refractivity contribution in [3.05, 3.63) is 35.0 Å². The van der Waals surface area contributed by atoms with Crippen molar-refractivity contribution < 1.29 is 24.2 Å². The maximum absolute atomic E-state index is 13.0. The maximum Gasteiger partial charge on any atom is 0.408 e. The van der Waals surface area contributed by atoms with Crippen molar-refractivity contribution in [1.82, 2.24) is 20.1 Å². The molecule has 2 heterocycles. The Morgan fingerprint density at radius 2 is 2.03 bits per heavy atom. The fourth-order valence-electron chi connectivity index (χ4n) is 4.20. The van der Waals surface area contributed by atoms with E-state index in [0.29, 0.717) is 23.7 Å². The fraction of sp³-hybridized carbons (Fsp3) is 0.500. The van der Waals surface area contributed by atoms with Gasteiger partial charge in [-0.3, -0.25) is 14.5 Å². The summed E-state index contributed by atoms with van der Waals surface area (Å²) in [6.07, 6.45) is -0.694. The summed E-state index contributed by atoms with van der Waals surface area (Å²) in [5, 5.41) is 14.3. The van der Waals surface area contributed by atoms with Crippen LogP contribution in [0.1, 0.15) is 37.7 Å². The van der Waals surface area contributed by atoms with Crippen LogP contribution in [0.15, 0.2) is 24.3 Å². The third-order valence-corrected chi connectivity index (χ3v) is 5.84. The molecule has 9 nitrogen and oxygen atoms in total. The number of halogens is 1. The summed E-state index contributed by atoms with van der Waals surface area (Å²) in [4.78, 5) is 43.6. The number of fused-ring (bicyclic) bond motifs is 1. The summed E-state index contributed by atoms with van der Waals surface area (Å²) >= 11 is 6.03. The second-order valence-electron chi connectivity index (χ2n) is 8.95. The number of carbonyl (C=O) groups is 3. The van der Waals surface area contributed by atoms with Crippen LogP contribution in [0.2, 0.25) is 5.02 Å². The van der Waals surface area contributed by atoms with Gasteiger partial charge in [0.2, 0.25) is 5.91 Å². The van der Waals surface area contributed by atoms with E-state index in [1.165, 1.54) is 12.0 Å². The van der Waals surface area contributed by atoms with E-state index in [1.54, 1.807) is 49.9 Å². The molecule has 3 rings (SSSR count). The van der Waals surface area contributed by atoms with Gasteiger partial charge in [0, 0.05) is 41.7 Å². The Morgan fingerprint density at radius 3 is 2.66 bits per heavy atom. The van der Waals surface area contributed by atoms with Gasteiger partial charge >= 0.3 is 6.09 Å². The zero-order valence-corrected chi connectivity index (χ0v) is 19.4. The Hall–Kier alpha value is -2.78. The monoisotopic (exact) mass is 464 g/mol. The number of H-pyrrole nitrogens is 1. The Labute approximate surface area is 191 Å². The van der Waals surface area contributed by atoms with Crippen LogP contribution in [-0.2, 0) is 9.53 Å². The van der Waals surface area contributed by atoms with Crippen LogP contribution in [-0.4, -0.2) is 82.2 Å². The minimum atomic E-state index is -1.11. The lowest BCUT2D eigenvalue weighted by atomic mass is 9.93. The number of aromatic amines is 1. The molecule has 1 saturated heterocycles. The number of nitrogens with one attached hydrogen (secondary N) is 2. The molecular formula is C22H29ClN4O5. The number of hydrogen-bond acceptors (Lipinski definition) is 4. The third kappa shape index (κ3) is 5.16. The van der Waals surface area contributed by atoms with Gasteiger partial charge in [-0.2, -0.15) is 0 Å². The normalized spacial score (nSPS) is 19.1. The molecule has 1 fully saturated rings. The predicted molar refractivity (Wildman–Crippen MR) is 121 cm³/mol. The van der Waals surface area contributed by atoms with Crippen LogP contribution in [0, 0.1) is 0 Å². The van der Waals surface area contributed by atoms with Crippen LogP contribution in [0.3, 0.4) is 0 Å². The van der Waals surface area contributed by atoms with Gasteiger partial charge in [-0.15, -0.1) is 0 Å². The molecule has 174 valence electrons. The number of aromatic nitrogens is 1. The van der Waals surface area contributed by atoms with E-state index in [4.69, 9.17) is 16.3 Å². The molecule has 1 aliphatic heterocycles. The highest BCUT2D eigenvalue weighted by Gasteiger charge is 2.42. The topological polar surface area (TPSA) is 115 Å². The first-order chi connectivity index (χ1) is 15.0. The molecule has 0 bridgehead atoms. The smallest absolute Gasteiger partial charge is 0.408 e. The molecule has 0 aliphatic carbocycles. The van der Waals surface area contributed by atoms with Gasteiger partial charge in [-0.1, -0.05) is 11.6 Å². The van der Waals surface area contributed by atoms with Crippen molar-refractivity contribution in [1.29, 1.82) is 0 Å². The van der Waals surface area contributed by atoms with E-state index < -0.39 is 23.7 Å². The number of amides is 3. The Morgan fingerprint density at radius 1 is 1.31 bits per heavy atom. The van der Waals surface area contributed by atoms with E-state index in [-0.39, 0.29) is 25.0 Å². The third-order valence-electron chi connectivity index (χ3n) is 5.61. The number of nitrogens with zero attached hydrogens (tertiary/aromatic N) is 2. The SMILES string of the molecule is COCC(=O)N1CC[C@@H](NC(=O)c2cc3cc(Cl)ccc3[nH]2)[C@H](N(C(=O)O)C(C)(C)C)C1. The number of benzene rings is 1. The molecule has 3 N–H and O–H groups in total. The number of carbonyl (C=O) groups excluding carboxylic acids is 2. The minimum Gasteiger partial charge on any atom is -0.465 e. The molecule has 1 aromatic heterocycles. The van der Waals surface area contributed by atoms with Gasteiger partial charge in [0.05, 0.1) is 12.1 Å². The zero-order chi connectivity index (χ0) is 23.6. The van der Waals surface area contributed by atoms with Crippen molar-refractivity contribution in [2.24, 2.45) is 0 Å². The summed E-state index contributed by atoms with van der Waals surface area (Å²) < 4.78 is 4.95. The van der Waals surface area contributed by atoms with Crippen LogP contribution in [0.25, 0.3) is 10.9 Å². The largest absolute Gasteiger partial charge is 0.465 e. The van der Waals surface area contributed by atoms with Gasteiger partial charge in [0.15, 0.2) is 0 Å². The predicted octanol–water partition coefficient (Wildman–Crippen LogP) is 2.95. The van der Waals surface area contributed by atoms with Gasteiger partial charge < -0.3 is 25.0 Å². The van der Waals surface area contributed by atoms with Crippen molar-refractivity contribution in [3.63, 3.8) is 0 Å². The van der Waals surface area contributed by atoms with Gasteiger partial charge in [-0.05, 0) is 51.5 Å². The molecule has 1 aromatic carbocycles. The summed E-state index contributed by atoms with van der Waals surface area (Å²) in [6, 6.07) is 5.91. The summed E-state index contributed by atoms with van der Waals surface area (Å²) in [5.74, 6) is -0.558. The molecule has 10 heteroatoms. The average molecular weight is 465 g/mol. The Bertz CT molecular complexity index is 1020. The van der Waals surface area contributed by atoms with Crippen LogP contribution >= 0.6 is 11.6 Å². The fourth-order valence-corrected chi connectivity index (χ4v) is 4.38. The lowest BCUT2D eigenvalue weighted by Gasteiger charge is -2.47. The first-order valence-corrected chi connectivity index (χ1v) is 10.8. The molecule has 2 atom stereocenters. The van der Waals surface area contributed by atoms with Crippen LogP contribution < -0.4 is 5.32 Å². The minimum absolute atomic E-state index is 0.0794. The Balaban J connectivity index is 1.86. The number of hydrogen-bond donors (Lipinski definition) is 3. The van der Waals surface area contributed by atoms with Crippen molar-refractivity contribution in [3.8, 4) is 0 Å². The quantitative estimate of drug-likeness (QED) is 0.629. The highest BCUT2D eigenvalue weighted by molar-refractivity contribution is 6.31. The summed E-state index contributed by atoms with van der Waals surface area (Å²) in [6.45, 7) is 5.85. The number of carboxylic acid groups (broad SMARTS) is 1. The molecule has 2 aromatic rings. The van der Waals surface area contributed by atoms with Gasteiger partial charge in [0.25, 0.3) is 5.91 Å². The van der Waals surface area contributed by atoms with Crippen molar-refractivity contribution in [2.45, 2.75) is 44.8 Å². The van der Waals surface area contributed by atoms with E-state index in [2.05, 4.69) is 10.3 Å². The molecule has 3 amide bonds. The summed E-state index contributed by atoms with van der Waals surface area (Å²) in [5.41, 5.74) is 0.402. The van der Waals surface area contributed by atoms with E-state index >= 15 is 0 Å². The highest BCUT2D eigenvalue weighted by atomic mass is 35.5. The van der Waals surface area contributed by atoms with E-state index in [1.807, 2.05) is 0 Å². The van der Waals surface area contributed by atoms with Crippen LogP contribution in [0.5, 0.6) is 0 Å². The van der Waals surface area contributed by atoms with Crippen molar-refractivity contribution >= 4 is 40.4 Å². The second-order valence-corrected chi connectivity index (χ2v) is 9.38. The molecular weight excluding hydrogens is 436 g/mol. The molecule has 0 radical (unpaired) electrons. The van der Waals surface area contributed by atoms with Crippen LogP contribution in [0.4, 0.5) is 4.79 Å². The number of rotatable bonds is 5. The number of ether oxygens (including phenoxy) is 1. The molecule has 0 spiro atoms.